The van der Waals surface area contributed by atoms with E-state index in [9.17, 15) is 8.42 Å². The second kappa shape index (κ2) is 5.98. The van der Waals surface area contributed by atoms with Gasteiger partial charge in [0, 0.05) is 15.1 Å². The molecular formula is C11H24N2O2SSi. The summed E-state index contributed by atoms with van der Waals surface area (Å²) in [5.41, 5.74) is 0. The number of hydrogen-bond acceptors (Lipinski definition) is 3. The van der Waals surface area contributed by atoms with Crippen molar-refractivity contribution in [1.29, 1.82) is 5.26 Å². The highest BCUT2D eigenvalue weighted by molar-refractivity contribution is 7.89. The van der Waals surface area contributed by atoms with Gasteiger partial charge < -0.3 is 0 Å². The van der Waals surface area contributed by atoms with Crippen LogP contribution in [0, 0.1) is 17.2 Å². The molecule has 0 fully saturated rings. The van der Waals surface area contributed by atoms with Crippen molar-refractivity contribution in [3.05, 3.63) is 0 Å². The van der Waals surface area contributed by atoms with Gasteiger partial charge in [-0.25, -0.2) is 8.42 Å². The molecule has 0 aromatic heterocycles. The Labute approximate surface area is 107 Å². The molecule has 0 rings (SSSR count). The fourth-order valence-corrected chi connectivity index (χ4v) is 5.81. The summed E-state index contributed by atoms with van der Waals surface area (Å²) in [5, 5.41) is 9.01. The SMILES string of the molecule is CC(C)[C@@H](C#N)N(C)S(=O)(=O)CC[Si](C)(C)C. The molecule has 0 radical (unpaired) electrons. The zero-order valence-corrected chi connectivity index (χ0v) is 13.5. The van der Waals surface area contributed by atoms with E-state index >= 15 is 0 Å². The number of nitrogens with zero attached hydrogens (tertiary/aromatic N) is 2. The molecule has 6 heteroatoms. The Hall–Kier alpha value is -0.383. The molecule has 0 unspecified atom stereocenters. The van der Waals surface area contributed by atoms with E-state index in [2.05, 4.69) is 25.7 Å². The van der Waals surface area contributed by atoms with E-state index in [1.165, 1.54) is 11.4 Å². The van der Waals surface area contributed by atoms with Crippen molar-refractivity contribution in [1.82, 2.24) is 4.31 Å². The van der Waals surface area contributed by atoms with Crippen LogP contribution in [0.15, 0.2) is 0 Å². The second-order valence-corrected chi connectivity index (χ2v) is 13.7. The van der Waals surface area contributed by atoms with Gasteiger partial charge in [0.05, 0.1) is 11.8 Å². The first-order valence-electron chi connectivity index (χ1n) is 5.86. The van der Waals surface area contributed by atoms with Crippen molar-refractivity contribution in [3.8, 4) is 6.07 Å². The van der Waals surface area contributed by atoms with Gasteiger partial charge in [-0.15, -0.1) is 0 Å². The molecule has 0 aliphatic rings. The van der Waals surface area contributed by atoms with Gasteiger partial charge >= 0.3 is 0 Å². The number of rotatable bonds is 6. The van der Waals surface area contributed by atoms with E-state index in [-0.39, 0.29) is 11.7 Å². The van der Waals surface area contributed by atoms with Crippen molar-refractivity contribution < 1.29 is 8.42 Å². The highest BCUT2D eigenvalue weighted by Gasteiger charge is 2.29. The van der Waals surface area contributed by atoms with Crippen LogP contribution in [0.25, 0.3) is 0 Å². The van der Waals surface area contributed by atoms with E-state index in [1.54, 1.807) is 0 Å². The third kappa shape index (κ3) is 5.66. The average Bonchev–Trinajstić information content (AvgIpc) is 2.14. The third-order valence-corrected chi connectivity index (χ3v) is 6.64. The minimum atomic E-state index is -3.30. The maximum Gasteiger partial charge on any atom is 0.214 e. The van der Waals surface area contributed by atoms with Crippen molar-refractivity contribution in [2.45, 2.75) is 45.6 Å². The van der Waals surface area contributed by atoms with Gasteiger partial charge in [0.1, 0.15) is 6.04 Å². The van der Waals surface area contributed by atoms with E-state index in [0.717, 1.165) is 6.04 Å². The molecule has 4 nitrogen and oxygen atoms in total. The summed E-state index contributed by atoms with van der Waals surface area (Å²) < 4.78 is 25.4. The summed E-state index contributed by atoms with van der Waals surface area (Å²) in [5.74, 6) is 0.163. The van der Waals surface area contributed by atoms with Crippen LogP contribution in [0.2, 0.25) is 25.7 Å². The Kier molecular flexibility index (Phi) is 5.85. The largest absolute Gasteiger partial charge is 0.214 e. The lowest BCUT2D eigenvalue weighted by molar-refractivity contribution is 0.353. The maximum atomic E-state index is 12.1. The van der Waals surface area contributed by atoms with E-state index in [4.69, 9.17) is 5.26 Å². The Morgan fingerprint density at radius 1 is 1.29 bits per heavy atom. The molecule has 0 N–H and O–H groups in total. The van der Waals surface area contributed by atoms with Crippen LogP contribution in [0.3, 0.4) is 0 Å². The smallest absolute Gasteiger partial charge is 0.212 e. The quantitative estimate of drug-likeness (QED) is 0.698. The highest BCUT2D eigenvalue weighted by atomic mass is 32.2. The van der Waals surface area contributed by atoms with Gasteiger partial charge in [-0.2, -0.15) is 9.57 Å². The summed E-state index contributed by atoms with van der Waals surface area (Å²) in [7, 11) is -3.17. The van der Waals surface area contributed by atoms with Gasteiger partial charge in [-0.3, -0.25) is 0 Å². The molecule has 0 saturated carbocycles. The minimum absolute atomic E-state index is 0.00616. The molecule has 0 saturated heterocycles. The highest BCUT2D eigenvalue weighted by Crippen LogP contribution is 2.16. The van der Waals surface area contributed by atoms with Crippen LogP contribution in [-0.4, -0.2) is 39.6 Å². The maximum absolute atomic E-state index is 12.1. The van der Waals surface area contributed by atoms with Gasteiger partial charge in [0.15, 0.2) is 0 Å². The summed E-state index contributed by atoms with van der Waals surface area (Å²) in [6.07, 6.45) is 0. The molecule has 0 aliphatic carbocycles. The lowest BCUT2D eigenvalue weighted by Gasteiger charge is -2.26. The Morgan fingerprint density at radius 3 is 2.06 bits per heavy atom. The van der Waals surface area contributed by atoms with Gasteiger partial charge in [0.25, 0.3) is 0 Å². The van der Waals surface area contributed by atoms with Crippen molar-refractivity contribution >= 4 is 18.1 Å². The molecular weight excluding hydrogens is 252 g/mol. The normalized spacial score (nSPS) is 15.0. The van der Waals surface area contributed by atoms with Crippen LogP contribution in [0.4, 0.5) is 0 Å². The molecule has 0 aromatic carbocycles. The number of sulfonamides is 1. The lowest BCUT2D eigenvalue weighted by atomic mass is 10.1. The van der Waals surface area contributed by atoms with Crippen LogP contribution in [-0.2, 0) is 10.0 Å². The molecule has 0 bridgehead atoms. The van der Waals surface area contributed by atoms with Crippen LogP contribution < -0.4 is 0 Å². The van der Waals surface area contributed by atoms with Crippen molar-refractivity contribution in [2.75, 3.05) is 12.8 Å². The van der Waals surface area contributed by atoms with Crippen molar-refractivity contribution in [3.63, 3.8) is 0 Å². The van der Waals surface area contributed by atoms with Gasteiger partial charge in [-0.05, 0) is 12.0 Å². The van der Waals surface area contributed by atoms with E-state index < -0.39 is 24.1 Å². The molecule has 0 aromatic rings. The zero-order chi connectivity index (χ0) is 13.9. The number of nitriles is 1. The van der Waals surface area contributed by atoms with Gasteiger partial charge in [-0.1, -0.05) is 33.5 Å². The molecule has 17 heavy (non-hydrogen) atoms. The standard InChI is InChI=1S/C11H24N2O2SSi/c1-10(2)11(9-12)13(3)16(14,15)7-8-17(4,5)6/h10-11H,7-8H2,1-6H3/t11-/m1/s1. The third-order valence-electron chi connectivity index (χ3n) is 2.70. The first-order chi connectivity index (χ1) is 7.51. The van der Waals surface area contributed by atoms with Gasteiger partial charge in [0.2, 0.25) is 10.0 Å². The summed E-state index contributed by atoms with van der Waals surface area (Å²) >= 11 is 0. The fourth-order valence-electron chi connectivity index (χ4n) is 1.40. The molecule has 0 spiro atoms. The Bertz CT molecular complexity index is 379. The second-order valence-electron chi connectivity index (χ2n) is 5.96. The van der Waals surface area contributed by atoms with E-state index in [0.29, 0.717) is 0 Å². The predicted octanol–water partition coefficient (Wildman–Crippen LogP) is 2.13. The van der Waals surface area contributed by atoms with Crippen LogP contribution in [0.1, 0.15) is 13.8 Å². The molecule has 1 atom stereocenters. The summed E-state index contributed by atoms with van der Waals surface area (Å²) in [4.78, 5) is 0. The molecule has 100 valence electrons. The fraction of sp³-hybridized carbons (Fsp3) is 0.909. The molecule has 0 amide bonds. The Morgan fingerprint density at radius 2 is 1.76 bits per heavy atom. The zero-order valence-electron chi connectivity index (χ0n) is 11.7. The number of hydrogen-bond donors (Lipinski definition) is 0. The monoisotopic (exact) mass is 276 g/mol. The topological polar surface area (TPSA) is 61.2 Å². The van der Waals surface area contributed by atoms with Crippen LogP contribution >= 0.6 is 0 Å². The lowest BCUT2D eigenvalue weighted by Crippen LogP contribution is -2.41. The minimum Gasteiger partial charge on any atom is -0.212 e. The van der Waals surface area contributed by atoms with E-state index in [1.807, 2.05) is 13.8 Å². The first kappa shape index (κ1) is 16.6. The molecule has 0 heterocycles. The Balaban J connectivity index is 4.78. The summed E-state index contributed by atoms with van der Waals surface area (Å²) in [6.45, 7) is 10.2. The summed E-state index contributed by atoms with van der Waals surface area (Å²) in [6, 6.07) is 2.23. The van der Waals surface area contributed by atoms with Crippen molar-refractivity contribution in [2.24, 2.45) is 5.92 Å². The first-order valence-corrected chi connectivity index (χ1v) is 11.2. The van der Waals surface area contributed by atoms with Crippen LogP contribution in [0.5, 0.6) is 0 Å². The predicted molar refractivity (Wildman–Crippen MR) is 73.9 cm³/mol. The average molecular weight is 276 g/mol. The molecule has 0 aliphatic heterocycles.